The van der Waals surface area contributed by atoms with Gasteiger partial charge in [0.05, 0.1) is 24.2 Å². The molecule has 0 saturated carbocycles. The molecule has 2 fully saturated rings. The molecule has 8 heteroatoms. The number of nitrogens with one attached hydrogen (secondary N) is 1. The quantitative estimate of drug-likeness (QED) is 0.746. The second-order valence-electron chi connectivity index (χ2n) is 6.86. The molecule has 0 aliphatic carbocycles. The van der Waals surface area contributed by atoms with Crippen LogP contribution in [0, 0.1) is 5.92 Å². The molecule has 1 aromatic rings. The van der Waals surface area contributed by atoms with Crippen LogP contribution in [0.1, 0.15) is 29.6 Å². The highest BCUT2D eigenvalue weighted by molar-refractivity contribution is 7.89. The van der Waals surface area contributed by atoms with E-state index >= 15 is 0 Å². The van der Waals surface area contributed by atoms with E-state index in [-0.39, 0.29) is 4.90 Å². The Morgan fingerprint density at radius 1 is 1.23 bits per heavy atom. The van der Waals surface area contributed by atoms with E-state index in [4.69, 9.17) is 4.74 Å². The van der Waals surface area contributed by atoms with E-state index < -0.39 is 16.0 Å². The molecule has 26 heavy (non-hydrogen) atoms. The third-order valence-electron chi connectivity index (χ3n) is 5.22. The van der Waals surface area contributed by atoms with Crippen molar-refractivity contribution in [3.63, 3.8) is 0 Å². The van der Waals surface area contributed by atoms with E-state index in [2.05, 4.69) is 14.4 Å². The smallest absolute Gasteiger partial charge is 0.337 e. The molecule has 0 spiro atoms. The number of piperidine rings is 1. The Morgan fingerprint density at radius 2 is 1.92 bits per heavy atom. The van der Waals surface area contributed by atoms with Crippen molar-refractivity contribution in [3.05, 3.63) is 29.8 Å². The summed E-state index contributed by atoms with van der Waals surface area (Å²) >= 11 is 0. The highest BCUT2D eigenvalue weighted by Crippen LogP contribution is 2.22. The van der Waals surface area contributed by atoms with E-state index in [1.807, 2.05) is 0 Å². The van der Waals surface area contributed by atoms with E-state index in [1.165, 1.54) is 31.4 Å². The lowest BCUT2D eigenvalue weighted by molar-refractivity contribution is 0.0600. The second kappa shape index (κ2) is 8.47. The fraction of sp³-hybridized carbons (Fsp3) is 0.611. The average molecular weight is 382 g/mol. The van der Waals surface area contributed by atoms with E-state index in [9.17, 15) is 13.2 Å². The minimum atomic E-state index is -3.57. The zero-order valence-electron chi connectivity index (χ0n) is 15.0. The molecule has 1 aromatic carbocycles. The van der Waals surface area contributed by atoms with Crippen molar-refractivity contribution >= 4 is 16.0 Å². The van der Waals surface area contributed by atoms with E-state index in [1.54, 1.807) is 0 Å². The molecule has 3 rings (SSSR count). The maximum Gasteiger partial charge on any atom is 0.337 e. The Morgan fingerprint density at radius 3 is 2.50 bits per heavy atom. The first kappa shape index (κ1) is 19.3. The van der Waals surface area contributed by atoms with E-state index in [0.717, 1.165) is 45.6 Å². The van der Waals surface area contributed by atoms with Crippen LogP contribution in [0.5, 0.6) is 0 Å². The van der Waals surface area contributed by atoms with Crippen LogP contribution < -0.4 is 4.72 Å². The number of likely N-dealkylation sites (tertiary alicyclic amines) is 1. The van der Waals surface area contributed by atoms with Gasteiger partial charge in [0.15, 0.2) is 0 Å². The molecule has 0 unspecified atom stereocenters. The molecule has 7 nitrogen and oxygen atoms in total. The van der Waals surface area contributed by atoms with Crippen LogP contribution in [0.15, 0.2) is 29.2 Å². The number of carbonyl (C=O) groups excluding carboxylic acids is 1. The normalized spacial score (nSPS) is 22.4. The van der Waals surface area contributed by atoms with Gasteiger partial charge in [-0.25, -0.2) is 17.9 Å². The summed E-state index contributed by atoms with van der Waals surface area (Å²) in [6.45, 7) is 4.09. The molecule has 2 saturated heterocycles. The number of ether oxygens (including phenoxy) is 2. The average Bonchev–Trinajstić information content (AvgIpc) is 3.21. The number of hydrogen-bond donors (Lipinski definition) is 1. The summed E-state index contributed by atoms with van der Waals surface area (Å²) in [7, 11) is -2.28. The van der Waals surface area contributed by atoms with Gasteiger partial charge < -0.3 is 9.47 Å². The molecule has 1 atom stereocenters. The van der Waals surface area contributed by atoms with Crippen LogP contribution >= 0.6 is 0 Å². The number of sulfonamides is 1. The number of nitrogens with zero attached hydrogens (tertiary/aromatic N) is 1. The summed E-state index contributed by atoms with van der Waals surface area (Å²) in [5, 5.41) is 0. The van der Waals surface area contributed by atoms with Gasteiger partial charge in [0.2, 0.25) is 10.0 Å². The van der Waals surface area contributed by atoms with Gasteiger partial charge in [0, 0.05) is 19.2 Å². The number of rotatable bonds is 6. The Bertz CT molecular complexity index is 706. The Hall–Kier alpha value is -1.48. The summed E-state index contributed by atoms with van der Waals surface area (Å²) in [6, 6.07) is 6.31. The van der Waals surface area contributed by atoms with Gasteiger partial charge in [-0.15, -0.1) is 0 Å². The minimum Gasteiger partial charge on any atom is -0.465 e. The van der Waals surface area contributed by atoms with Crippen LogP contribution in [-0.4, -0.2) is 65.3 Å². The molecule has 2 aliphatic heterocycles. The number of carbonyl (C=O) groups is 1. The maximum absolute atomic E-state index is 12.4. The Labute approximate surface area is 154 Å². The zero-order chi connectivity index (χ0) is 18.6. The first-order chi connectivity index (χ1) is 12.5. The predicted octanol–water partition coefficient (Wildman–Crippen LogP) is 1.25. The van der Waals surface area contributed by atoms with Crippen LogP contribution in [0.3, 0.4) is 0 Å². The van der Waals surface area contributed by atoms with Gasteiger partial charge in [0.1, 0.15) is 0 Å². The van der Waals surface area contributed by atoms with Crippen molar-refractivity contribution in [2.24, 2.45) is 5.92 Å². The third kappa shape index (κ3) is 4.62. The van der Waals surface area contributed by atoms with Crippen LogP contribution in [-0.2, 0) is 19.5 Å². The monoisotopic (exact) mass is 382 g/mol. The lowest BCUT2D eigenvalue weighted by Gasteiger charge is -2.35. The SMILES string of the molecule is COC(=O)c1ccc(S(=O)(=O)NCC2CCN([C@@H]3CCOC3)CC2)cc1. The van der Waals surface area contributed by atoms with E-state index in [0.29, 0.717) is 24.1 Å². The molecule has 1 N–H and O–H groups in total. The van der Waals surface area contributed by atoms with Gasteiger partial charge in [-0.05, 0) is 62.5 Å². The highest BCUT2D eigenvalue weighted by Gasteiger charge is 2.28. The third-order valence-corrected chi connectivity index (χ3v) is 6.66. The summed E-state index contributed by atoms with van der Waals surface area (Å²) in [5.41, 5.74) is 0.328. The lowest BCUT2D eigenvalue weighted by atomic mass is 9.96. The molecule has 0 aromatic heterocycles. The predicted molar refractivity (Wildman–Crippen MR) is 96.5 cm³/mol. The standard InChI is InChI=1S/C18H26N2O5S/c1-24-18(21)15-2-4-17(5-3-15)26(22,23)19-12-14-6-9-20(10-7-14)16-8-11-25-13-16/h2-5,14,16,19H,6-13H2,1H3/t16-/m1/s1. The van der Waals surface area contributed by atoms with Crippen molar-refractivity contribution in [3.8, 4) is 0 Å². The molecular formula is C18H26N2O5S. The van der Waals surface area contributed by atoms with Gasteiger partial charge in [-0.3, -0.25) is 4.90 Å². The Balaban J connectivity index is 1.50. The number of hydrogen-bond acceptors (Lipinski definition) is 6. The molecular weight excluding hydrogens is 356 g/mol. The summed E-state index contributed by atoms with van der Waals surface area (Å²) in [4.78, 5) is 14.0. The van der Waals surface area contributed by atoms with Gasteiger partial charge in [-0.2, -0.15) is 0 Å². The molecule has 2 aliphatic rings. The fourth-order valence-electron chi connectivity index (χ4n) is 3.53. The molecule has 0 amide bonds. The van der Waals surface area contributed by atoms with Gasteiger partial charge >= 0.3 is 5.97 Å². The Kier molecular flexibility index (Phi) is 6.29. The van der Waals surface area contributed by atoms with Crippen LogP contribution in [0.4, 0.5) is 0 Å². The van der Waals surface area contributed by atoms with Crippen molar-refractivity contribution in [2.75, 3.05) is 40.0 Å². The van der Waals surface area contributed by atoms with Gasteiger partial charge in [-0.1, -0.05) is 0 Å². The minimum absolute atomic E-state index is 0.158. The molecule has 0 radical (unpaired) electrons. The zero-order valence-corrected chi connectivity index (χ0v) is 15.8. The fourth-order valence-corrected chi connectivity index (χ4v) is 4.65. The summed E-state index contributed by atoms with van der Waals surface area (Å²) < 4.78 is 37.7. The summed E-state index contributed by atoms with van der Waals surface area (Å²) in [6.07, 6.45) is 3.07. The number of methoxy groups -OCH3 is 1. The number of benzene rings is 1. The lowest BCUT2D eigenvalue weighted by Crippen LogP contribution is -2.43. The largest absolute Gasteiger partial charge is 0.465 e. The molecule has 2 heterocycles. The topological polar surface area (TPSA) is 84.9 Å². The molecule has 0 bridgehead atoms. The highest BCUT2D eigenvalue weighted by atomic mass is 32.2. The summed E-state index contributed by atoms with van der Waals surface area (Å²) in [5.74, 6) is -0.140. The van der Waals surface area contributed by atoms with Crippen molar-refractivity contribution in [1.82, 2.24) is 9.62 Å². The van der Waals surface area contributed by atoms with Crippen LogP contribution in [0.2, 0.25) is 0 Å². The molecule has 144 valence electrons. The van der Waals surface area contributed by atoms with Gasteiger partial charge in [0.25, 0.3) is 0 Å². The first-order valence-corrected chi connectivity index (χ1v) is 10.5. The van der Waals surface area contributed by atoms with Crippen LogP contribution in [0.25, 0.3) is 0 Å². The van der Waals surface area contributed by atoms with Crippen molar-refractivity contribution in [1.29, 1.82) is 0 Å². The second-order valence-corrected chi connectivity index (χ2v) is 8.63. The maximum atomic E-state index is 12.4. The van der Waals surface area contributed by atoms with Crippen molar-refractivity contribution < 1.29 is 22.7 Å². The van der Waals surface area contributed by atoms with Crippen molar-refractivity contribution in [2.45, 2.75) is 30.2 Å². The first-order valence-electron chi connectivity index (χ1n) is 8.99. The number of esters is 1.